The van der Waals surface area contributed by atoms with Crippen molar-refractivity contribution in [2.45, 2.75) is 23.1 Å². The van der Waals surface area contributed by atoms with Crippen LogP contribution in [0.25, 0.3) is 10.2 Å². The van der Waals surface area contributed by atoms with Crippen molar-refractivity contribution in [1.82, 2.24) is 14.2 Å². The van der Waals surface area contributed by atoms with Crippen molar-refractivity contribution in [2.24, 2.45) is 0 Å². The lowest BCUT2D eigenvalue weighted by Crippen LogP contribution is -2.54. The Morgan fingerprint density at radius 2 is 1.91 bits per heavy atom. The molecule has 0 N–H and O–H groups in total. The normalized spacial score (nSPS) is 20.4. The first-order chi connectivity index (χ1) is 15.3. The number of fused-ring (bicyclic) bond motifs is 1. The van der Waals surface area contributed by atoms with Crippen LogP contribution in [0.2, 0.25) is 0 Å². The van der Waals surface area contributed by atoms with Crippen molar-refractivity contribution in [2.75, 3.05) is 37.6 Å². The lowest BCUT2D eigenvalue weighted by molar-refractivity contribution is -0.134. The second kappa shape index (κ2) is 8.32. The van der Waals surface area contributed by atoms with Gasteiger partial charge in [-0.2, -0.15) is 4.31 Å². The lowest BCUT2D eigenvalue weighted by atomic mass is 10.2. The van der Waals surface area contributed by atoms with Crippen LogP contribution in [0.1, 0.15) is 12.8 Å². The molecule has 4 heterocycles. The zero-order valence-corrected chi connectivity index (χ0v) is 19.4. The van der Waals surface area contributed by atoms with Crippen LogP contribution in [0.3, 0.4) is 0 Å². The standard InChI is InChI=1S/C20H20F2N4O3S3/c21-13-11-14(22)18-16(12-13)31-20(23-18)25-8-6-24(7-9-25)19(27)15-3-1-5-26(15)32(28,29)17-4-2-10-30-17/h2,4,10-12,15H,1,3,5-9H2. The van der Waals surface area contributed by atoms with Crippen molar-refractivity contribution >= 4 is 54.0 Å². The molecule has 2 aliphatic heterocycles. The van der Waals surface area contributed by atoms with E-state index in [9.17, 15) is 22.0 Å². The lowest BCUT2D eigenvalue weighted by Gasteiger charge is -2.37. The first-order valence-corrected chi connectivity index (χ1v) is 13.3. The fourth-order valence-corrected chi connectivity index (χ4v) is 8.04. The Hall–Kier alpha value is -2.15. The van der Waals surface area contributed by atoms with Crippen LogP contribution >= 0.6 is 22.7 Å². The Morgan fingerprint density at radius 3 is 2.62 bits per heavy atom. The highest BCUT2D eigenvalue weighted by molar-refractivity contribution is 7.91. The Bertz CT molecular complexity index is 1250. The number of thiazole rings is 1. The second-order valence-corrected chi connectivity index (χ2v) is 11.8. The highest BCUT2D eigenvalue weighted by Crippen LogP contribution is 2.33. The minimum absolute atomic E-state index is 0.144. The van der Waals surface area contributed by atoms with E-state index in [2.05, 4.69) is 4.98 Å². The van der Waals surface area contributed by atoms with Gasteiger partial charge < -0.3 is 9.80 Å². The first kappa shape index (κ1) is 21.7. The molecule has 12 heteroatoms. The molecular formula is C20H20F2N4O3S3. The molecular weight excluding hydrogens is 478 g/mol. The summed E-state index contributed by atoms with van der Waals surface area (Å²) in [4.78, 5) is 21.1. The summed E-state index contributed by atoms with van der Waals surface area (Å²) in [6.07, 6.45) is 1.15. The van der Waals surface area contributed by atoms with E-state index in [1.807, 2.05) is 4.90 Å². The van der Waals surface area contributed by atoms with Gasteiger partial charge >= 0.3 is 0 Å². The number of rotatable bonds is 4. The van der Waals surface area contributed by atoms with E-state index in [0.29, 0.717) is 55.4 Å². The van der Waals surface area contributed by atoms with Gasteiger partial charge in [0.05, 0.1) is 4.70 Å². The quantitative estimate of drug-likeness (QED) is 0.553. The molecule has 0 bridgehead atoms. The summed E-state index contributed by atoms with van der Waals surface area (Å²) in [5.41, 5.74) is 0.144. The van der Waals surface area contributed by atoms with E-state index in [1.165, 1.54) is 21.7 Å². The number of nitrogens with zero attached hydrogens (tertiary/aromatic N) is 4. The van der Waals surface area contributed by atoms with E-state index in [0.717, 1.165) is 17.4 Å². The molecule has 32 heavy (non-hydrogen) atoms. The van der Waals surface area contributed by atoms with Gasteiger partial charge in [-0.1, -0.05) is 17.4 Å². The number of benzene rings is 1. The fourth-order valence-electron chi connectivity index (χ4n) is 4.21. The molecule has 7 nitrogen and oxygen atoms in total. The molecule has 1 aromatic carbocycles. The van der Waals surface area contributed by atoms with Crippen molar-refractivity contribution in [1.29, 1.82) is 0 Å². The van der Waals surface area contributed by atoms with Crippen LogP contribution in [0.4, 0.5) is 13.9 Å². The topological polar surface area (TPSA) is 73.8 Å². The summed E-state index contributed by atoms with van der Waals surface area (Å²) in [6.45, 7) is 2.13. The third kappa shape index (κ3) is 3.78. The average molecular weight is 499 g/mol. The zero-order valence-electron chi connectivity index (χ0n) is 16.9. The number of aromatic nitrogens is 1. The summed E-state index contributed by atoms with van der Waals surface area (Å²) in [5, 5.41) is 2.29. The first-order valence-electron chi connectivity index (χ1n) is 10.2. The SMILES string of the molecule is O=C(C1CCCN1S(=O)(=O)c1cccs1)N1CCN(c2nc3c(F)cc(F)cc3s2)CC1. The molecule has 3 aromatic rings. The number of thiophene rings is 1. The molecule has 1 atom stereocenters. The van der Waals surface area contributed by atoms with E-state index >= 15 is 0 Å². The van der Waals surface area contributed by atoms with Crippen molar-refractivity contribution in [3.63, 3.8) is 0 Å². The molecule has 2 aromatic heterocycles. The molecule has 0 saturated carbocycles. The molecule has 5 rings (SSSR count). The smallest absolute Gasteiger partial charge is 0.253 e. The summed E-state index contributed by atoms with van der Waals surface area (Å²) in [7, 11) is -3.68. The van der Waals surface area contributed by atoms with Gasteiger partial charge in [0.2, 0.25) is 5.91 Å². The predicted octanol–water partition coefficient (Wildman–Crippen LogP) is 3.14. The fraction of sp³-hybridized carbons (Fsp3) is 0.400. The molecule has 1 amide bonds. The number of carbonyl (C=O) groups is 1. The van der Waals surface area contributed by atoms with Crippen LogP contribution in [0.5, 0.6) is 0 Å². The van der Waals surface area contributed by atoms with Crippen LogP contribution in [0, 0.1) is 11.6 Å². The largest absolute Gasteiger partial charge is 0.345 e. The second-order valence-electron chi connectivity index (χ2n) is 7.75. The molecule has 2 aliphatic rings. The van der Waals surface area contributed by atoms with Gasteiger partial charge in [-0.3, -0.25) is 4.79 Å². The van der Waals surface area contributed by atoms with Crippen molar-refractivity contribution < 1.29 is 22.0 Å². The van der Waals surface area contributed by atoms with Gasteiger partial charge in [0, 0.05) is 38.8 Å². The van der Waals surface area contributed by atoms with E-state index in [1.54, 1.807) is 22.4 Å². The summed E-state index contributed by atoms with van der Waals surface area (Å²) < 4.78 is 55.4. The van der Waals surface area contributed by atoms with Gasteiger partial charge in [0.1, 0.15) is 21.6 Å². The number of carbonyl (C=O) groups excluding carboxylic acids is 1. The van der Waals surface area contributed by atoms with Gasteiger partial charge in [-0.15, -0.1) is 11.3 Å². The van der Waals surface area contributed by atoms with Crippen LogP contribution < -0.4 is 4.90 Å². The number of hydrogen-bond donors (Lipinski definition) is 0. The maximum absolute atomic E-state index is 14.0. The molecule has 0 spiro atoms. The number of halogens is 2. The summed E-state index contributed by atoms with van der Waals surface area (Å²) in [6, 6.07) is 4.65. The average Bonchev–Trinajstić information content (AvgIpc) is 3.53. The predicted molar refractivity (Wildman–Crippen MR) is 120 cm³/mol. The minimum Gasteiger partial charge on any atom is -0.345 e. The maximum Gasteiger partial charge on any atom is 0.253 e. The Labute approximate surface area is 191 Å². The number of anilines is 1. The van der Waals surface area contributed by atoms with Gasteiger partial charge in [-0.05, 0) is 30.4 Å². The number of sulfonamides is 1. The molecule has 0 radical (unpaired) electrons. The van der Waals surface area contributed by atoms with Crippen LogP contribution in [-0.2, 0) is 14.8 Å². The third-order valence-electron chi connectivity index (χ3n) is 5.81. The van der Waals surface area contributed by atoms with Gasteiger partial charge in [0.25, 0.3) is 10.0 Å². The number of hydrogen-bond acceptors (Lipinski definition) is 7. The van der Waals surface area contributed by atoms with Crippen molar-refractivity contribution in [3.05, 3.63) is 41.3 Å². The molecule has 0 aliphatic carbocycles. The van der Waals surface area contributed by atoms with E-state index < -0.39 is 27.7 Å². The monoisotopic (exact) mass is 498 g/mol. The molecule has 170 valence electrons. The zero-order chi connectivity index (χ0) is 22.5. The summed E-state index contributed by atoms with van der Waals surface area (Å²) in [5.74, 6) is -1.51. The van der Waals surface area contributed by atoms with Crippen LogP contribution in [0.15, 0.2) is 33.9 Å². The molecule has 2 saturated heterocycles. The van der Waals surface area contributed by atoms with Gasteiger partial charge in [-0.25, -0.2) is 22.2 Å². The summed E-state index contributed by atoms with van der Waals surface area (Å²) >= 11 is 2.36. The van der Waals surface area contributed by atoms with Crippen molar-refractivity contribution in [3.8, 4) is 0 Å². The molecule has 1 unspecified atom stereocenters. The number of amides is 1. The third-order valence-corrected chi connectivity index (χ3v) is 10.2. The minimum atomic E-state index is -3.68. The van der Waals surface area contributed by atoms with Gasteiger partial charge in [0.15, 0.2) is 10.9 Å². The Morgan fingerprint density at radius 1 is 1.12 bits per heavy atom. The highest BCUT2D eigenvalue weighted by atomic mass is 32.2. The maximum atomic E-state index is 14.0. The molecule has 2 fully saturated rings. The number of piperazine rings is 1. The highest BCUT2D eigenvalue weighted by Gasteiger charge is 2.42. The van der Waals surface area contributed by atoms with Crippen LogP contribution in [-0.4, -0.2) is 67.3 Å². The van der Waals surface area contributed by atoms with E-state index in [-0.39, 0.29) is 15.6 Å². The van der Waals surface area contributed by atoms with E-state index in [4.69, 9.17) is 0 Å². The Balaban J connectivity index is 1.28. The Kier molecular flexibility index (Phi) is 5.64.